The maximum absolute atomic E-state index is 3.83. The molecule has 1 heteroatoms. The zero-order valence-corrected chi connectivity index (χ0v) is 10.1. The number of hydrogen-bond acceptors (Lipinski definition) is 1. The quantitative estimate of drug-likeness (QED) is 0.698. The molecule has 0 bridgehead atoms. The van der Waals surface area contributed by atoms with Crippen LogP contribution in [0.25, 0.3) is 0 Å². The molecule has 2 aromatic carbocycles. The molecule has 1 nitrogen and oxygen atoms in total. The summed E-state index contributed by atoms with van der Waals surface area (Å²) >= 11 is 0. The minimum atomic E-state index is 0.813. The Morgan fingerprint density at radius 1 is 0.941 bits per heavy atom. The lowest BCUT2D eigenvalue weighted by molar-refractivity contribution is 1.10. The van der Waals surface area contributed by atoms with Crippen molar-refractivity contribution in [3.63, 3.8) is 0 Å². The van der Waals surface area contributed by atoms with Gasteiger partial charge in [-0.1, -0.05) is 42.0 Å². The van der Waals surface area contributed by atoms with Gasteiger partial charge in [-0.25, -0.2) is 0 Å². The molecule has 0 saturated carbocycles. The second-order valence-electron chi connectivity index (χ2n) is 4.07. The van der Waals surface area contributed by atoms with E-state index >= 15 is 0 Å². The number of anilines is 2. The van der Waals surface area contributed by atoms with E-state index in [9.17, 15) is 0 Å². The van der Waals surface area contributed by atoms with E-state index in [1.807, 2.05) is 12.1 Å². The van der Waals surface area contributed by atoms with Crippen molar-refractivity contribution in [3.05, 3.63) is 72.8 Å². The Kier molecular flexibility index (Phi) is 3.61. The fraction of sp³-hybridized carbons (Fsp3) is 0.125. The SMILES string of the molecule is C=CCN(c1ccccc1)c1ccc(C)cc1. The monoisotopic (exact) mass is 223 g/mol. The lowest BCUT2D eigenvalue weighted by atomic mass is 10.2. The number of para-hydroxylation sites is 1. The summed E-state index contributed by atoms with van der Waals surface area (Å²) in [4.78, 5) is 2.24. The summed E-state index contributed by atoms with van der Waals surface area (Å²) < 4.78 is 0. The van der Waals surface area contributed by atoms with Gasteiger partial charge in [0.15, 0.2) is 0 Å². The zero-order valence-electron chi connectivity index (χ0n) is 10.1. The zero-order chi connectivity index (χ0) is 12.1. The smallest absolute Gasteiger partial charge is 0.0413 e. The molecule has 0 heterocycles. The number of nitrogens with zero attached hydrogens (tertiary/aromatic N) is 1. The Hall–Kier alpha value is -2.02. The Morgan fingerprint density at radius 2 is 1.53 bits per heavy atom. The summed E-state index contributed by atoms with van der Waals surface area (Å²) in [5.41, 5.74) is 3.67. The molecule has 0 atom stereocenters. The molecule has 0 spiro atoms. The summed E-state index contributed by atoms with van der Waals surface area (Å²) in [6.45, 7) is 6.74. The van der Waals surface area contributed by atoms with E-state index in [0.29, 0.717) is 0 Å². The fourth-order valence-electron chi connectivity index (χ4n) is 1.82. The minimum Gasteiger partial charge on any atom is -0.338 e. The Labute approximate surface area is 103 Å². The molecule has 17 heavy (non-hydrogen) atoms. The summed E-state index contributed by atoms with van der Waals surface area (Å²) in [7, 11) is 0. The van der Waals surface area contributed by atoms with E-state index in [1.54, 1.807) is 0 Å². The maximum Gasteiger partial charge on any atom is 0.0413 e. The lowest BCUT2D eigenvalue weighted by Crippen LogP contribution is -2.16. The summed E-state index contributed by atoms with van der Waals surface area (Å²) in [5, 5.41) is 0. The molecule has 0 aliphatic heterocycles. The van der Waals surface area contributed by atoms with Crippen molar-refractivity contribution >= 4 is 11.4 Å². The van der Waals surface area contributed by atoms with Crippen LogP contribution in [0.2, 0.25) is 0 Å². The molecule has 2 rings (SSSR count). The van der Waals surface area contributed by atoms with Crippen molar-refractivity contribution < 1.29 is 0 Å². The van der Waals surface area contributed by atoms with Gasteiger partial charge in [0.2, 0.25) is 0 Å². The third kappa shape index (κ3) is 2.76. The van der Waals surface area contributed by atoms with E-state index in [-0.39, 0.29) is 0 Å². The molecule has 0 aliphatic carbocycles. The van der Waals surface area contributed by atoms with Crippen molar-refractivity contribution in [2.75, 3.05) is 11.4 Å². The van der Waals surface area contributed by atoms with Crippen LogP contribution in [-0.2, 0) is 0 Å². The highest BCUT2D eigenvalue weighted by atomic mass is 15.1. The van der Waals surface area contributed by atoms with Gasteiger partial charge in [0.25, 0.3) is 0 Å². The molecule has 0 aliphatic rings. The highest BCUT2D eigenvalue weighted by Crippen LogP contribution is 2.24. The highest BCUT2D eigenvalue weighted by Gasteiger charge is 2.06. The molecule has 0 saturated heterocycles. The predicted molar refractivity (Wildman–Crippen MR) is 74.8 cm³/mol. The normalized spacial score (nSPS) is 9.94. The number of rotatable bonds is 4. The number of aryl methyl sites for hydroxylation is 1. The van der Waals surface area contributed by atoms with Crippen LogP contribution in [0.5, 0.6) is 0 Å². The molecule has 2 aromatic rings. The van der Waals surface area contributed by atoms with Crippen LogP contribution in [0.3, 0.4) is 0 Å². The van der Waals surface area contributed by atoms with Crippen LogP contribution in [-0.4, -0.2) is 6.54 Å². The first-order valence-electron chi connectivity index (χ1n) is 5.81. The van der Waals surface area contributed by atoms with Gasteiger partial charge in [-0.2, -0.15) is 0 Å². The second-order valence-corrected chi connectivity index (χ2v) is 4.07. The molecule has 0 unspecified atom stereocenters. The van der Waals surface area contributed by atoms with Crippen molar-refractivity contribution in [3.8, 4) is 0 Å². The largest absolute Gasteiger partial charge is 0.338 e. The Morgan fingerprint density at radius 3 is 2.12 bits per heavy atom. The van der Waals surface area contributed by atoms with Gasteiger partial charge in [-0.3, -0.25) is 0 Å². The van der Waals surface area contributed by atoms with E-state index in [1.165, 1.54) is 16.9 Å². The average Bonchev–Trinajstić information content (AvgIpc) is 2.38. The van der Waals surface area contributed by atoms with Crippen LogP contribution < -0.4 is 4.90 Å². The lowest BCUT2D eigenvalue weighted by Gasteiger charge is -2.23. The highest BCUT2D eigenvalue weighted by molar-refractivity contribution is 5.63. The van der Waals surface area contributed by atoms with Crippen LogP contribution >= 0.6 is 0 Å². The average molecular weight is 223 g/mol. The Bertz CT molecular complexity index is 471. The van der Waals surface area contributed by atoms with Crippen LogP contribution in [0, 0.1) is 6.92 Å². The number of hydrogen-bond donors (Lipinski definition) is 0. The third-order valence-electron chi connectivity index (χ3n) is 2.73. The molecule has 0 fully saturated rings. The number of benzene rings is 2. The van der Waals surface area contributed by atoms with Gasteiger partial charge in [0.05, 0.1) is 0 Å². The second kappa shape index (κ2) is 5.35. The van der Waals surface area contributed by atoms with Crippen molar-refractivity contribution in [2.45, 2.75) is 6.92 Å². The minimum absolute atomic E-state index is 0.813. The van der Waals surface area contributed by atoms with E-state index in [2.05, 4.69) is 66.9 Å². The first-order chi connectivity index (χ1) is 8.31. The van der Waals surface area contributed by atoms with Gasteiger partial charge in [-0.05, 0) is 31.2 Å². The van der Waals surface area contributed by atoms with E-state index < -0.39 is 0 Å². The van der Waals surface area contributed by atoms with Crippen LogP contribution in [0.4, 0.5) is 11.4 Å². The van der Waals surface area contributed by atoms with E-state index in [0.717, 1.165) is 6.54 Å². The van der Waals surface area contributed by atoms with Crippen molar-refractivity contribution in [1.29, 1.82) is 0 Å². The van der Waals surface area contributed by atoms with Crippen molar-refractivity contribution in [1.82, 2.24) is 0 Å². The standard InChI is InChI=1S/C16H17N/c1-3-13-17(15-7-5-4-6-8-15)16-11-9-14(2)10-12-16/h3-12H,1,13H2,2H3. The molecule has 0 radical (unpaired) electrons. The summed E-state index contributed by atoms with van der Waals surface area (Å²) in [5.74, 6) is 0. The first-order valence-corrected chi connectivity index (χ1v) is 5.81. The fourth-order valence-corrected chi connectivity index (χ4v) is 1.82. The molecular formula is C16H17N. The third-order valence-corrected chi connectivity index (χ3v) is 2.73. The maximum atomic E-state index is 3.83. The van der Waals surface area contributed by atoms with Gasteiger partial charge in [-0.15, -0.1) is 6.58 Å². The Balaban J connectivity index is 2.35. The molecular weight excluding hydrogens is 206 g/mol. The molecule has 0 N–H and O–H groups in total. The van der Waals surface area contributed by atoms with E-state index in [4.69, 9.17) is 0 Å². The van der Waals surface area contributed by atoms with Crippen LogP contribution in [0.1, 0.15) is 5.56 Å². The van der Waals surface area contributed by atoms with Gasteiger partial charge in [0, 0.05) is 17.9 Å². The van der Waals surface area contributed by atoms with Gasteiger partial charge >= 0.3 is 0 Å². The van der Waals surface area contributed by atoms with Crippen molar-refractivity contribution in [2.24, 2.45) is 0 Å². The predicted octanol–water partition coefficient (Wildman–Crippen LogP) is 4.32. The summed E-state index contributed by atoms with van der Waals surface area (Å²) in [6.07, 6.45) is 1.92. The summed E-state index contributed by atoms with van der Waals surface area (Å²) in [6, 6.07) is 18.9. The molecule has 86 valence electrons. The first kappa shape index (κ1) is 11.5. The van der Waals surface area contributed by atoms with Crippen LogP contribution in [0.15, 0.2) is 67.3 Å². The van der Waals surface area contributed by atoms with Gasteiger partial charge < -0.3 is 4.90 Å². The topological polar surface area (TPSA) is 3.24 Å². The van der Waals surface area contributed by atoms with Gasteiger partial charge in [0.1, 0.15) is 0 Å². The molecule has 0 amide bonds. The molecule has 0 aromatic heterocycles.